The average molecular weight is 234 g/mol. The highest BCUT2D eigenvalue weighted by atomic mass is 16.7. The van der Waals surface area contributed by atoms with E-state index in [-0.39, 0.29) is 35.2 Å². The zero-order valence-electron chi connectivity index (χ0n) is 9.75. The summed E-state index contributed by atoms with van der Waals surface area (Å²) in [6, 6.07) is 0. The quantitative estimate of drug-likeness (QED) is 0.661. The largest absolute Gasteiger partial charge is 0.352 e. The molecule has 4 atom stereocenters. The third-order valence-corrected chi connectivity index (χ3v) is 4.32. The highest BCUT2D eigenvalue weighted by Gasteiger charge is 2.66. The number of rotatable bonds is 2. The molecule has 4 nitrogen and oxygen atoms in total. The molecule has 3 aliphatic rings. The van der Waals surface area contributed by atoms with Gasteiger partial charge in [-0.3, -0.25) is 9.59 Å². The van der Waals surface area contributed by atoms with Crippen LogP contribution in [0, 0.1) is 23.7 Å². The van der Waals surface area contributed by atoms with Crippen LogP contribution in [0.25, 0.3) is 0 Å². The average Bonchev–Trinajstić information content (AvgIpc) is 2.94. The number of fused-ring (bicyclic) bond motifs is 3. The van der Waals surface area contributed by atoms with Crippen LogP contribution in [0.15, 0.2) is 24.3 Å². The lowest BCUT2D eigenvalue weighted by atomic mass is 9.87. The zero-order valence-corrected chi connectivity index (χ0v) is 9.75. The van der Waals surface area contributed by atoms with Crippen molar-refractivity contribution in [3.8, 4) is 0 Å². The SMILES string of the molecule is COC1(OC)[C@H]2C=CC(=O)[C@H]2[C@@H]2C(=O)C=C[C@@H]21. The predicted octanol–water partition coefficient (Wildman–Crippen LogP) is 0.732. The molecule has 4 heteroatoms. The lowest BCUT2D eigenvalue weighted by Crippen LogP contribution is -2.43. The lowest BCUT2D eigenvalue weighted by molar-refractivity contribution is -0.238. The van der Waals surface area contributed by atoms with E-state index in [2.05, 4.69) is 0 Å². The Morgan fingerprint density at radius 1 is 0.941 bits per heavy atom. The first-order valence-corrected chi connectivity index (χ1v) is 5.70. The molecule has 0 aliphatic heterocycles. The fourth-order valence-corrected chi connectivity index (χ4v) is 3.63. The third kappa shape index (κ3) is 1.10. The first-order valence-electron chi connectivity index (χ1n) is 5.70. The Bertz CT molecular complexity index is 406. The van der Waals surface area contributed by atoms with E-state index in [0.717, 1.165) is 0 Å². The summed E-state index contributed by atoms with van der Waals surface area (Å²) in [7, 11) is 3.13. The highest BCUT2D eigenvalue weighted by molar-refractivity contribution is 6.04. The van der Waals surface area contributed by atoms with Gasteiger partial charge in [0.25, 0.3) is 0 Å². The van der Waals surface area contributed by atoms with Gasteiger partial charge in [-0.1, -0.05) is 12.2 Å². The van der Waals surface area contributed by atoms with Crippen molar-refractivity contribution in [2.75, 3.05) is 14.2 Å². The van der Waals surface area contributed by atoms with E-state index >= 15 is 0 Å². The van der Waals surface area contributed by atoms with Crippen molar-refractivity contribution >= 4 is 11.6 Å². The van der Waals surface area contributed by atoms with Crippen molar-refractivity contribution in [1.82, 2.24) is 0 Å². The molecule has 0 aromatic rings. The molecular weight excluding hydrogens is 220 g/mol. The number of carbonyl (C=O) groups is 2. The predicted molar refractivity (Wildman–Crippen MR) is 59.0 cm³/mol. The second kappa shape index (κ2) is 3.37. The molecule has 0 bridgehead atoms. The van der Waals surface area contributed by atoms with Crippen LogP contribution in [0.2, 0.25) is 0 Å². The summed E-state index contributed by atoms with van der Waals surface area (Å²) in [6.07, 6.45) is 6.73. The van der Waals surface area contributed by atoms with Gasteiger partial charge >= 0.3 is 0 Å². The maximum Gasteiger partial charge on any atom is 0.181 e. The van der Waals surface area contributed by atoms with Crippen molar-refractivity contribution in [2.24, 2.45) is 23.7 Å². The molecule has 0 radical (unpaired) electrons. The Balaban J connectivity index is 2.12. The summed E-state index contributed by atoms with van der Waals surface area (Å²) in [5.41, 5.74) is 0. The summed E-state index contributed by atoms with van der Waals surface area (Å²) in [6.45, 7) is 0. The Morgan fingerprint density at radius 2 is 1.35 bits per heavy atom. The molecule has 17 heavy (non-hydrogen) atoms. The smallest absolute Gasteiger partial charge is 0.181 e. The van der Waals surface area contributed by atoms with Crippen molar-refractivity contribution in [3.05, 3.63) is 24.3 Å². The minimum Gasteiger partial charge on any atom is -0.352 e. The normalized spacial score (nSPS) is 41.1. The van der Waals surface area contributed by atoms with E-state index in [4.69, 9.17) is 9.47 Å². The van der Waals surface area contributed by atoms with E-state index in [9.17, 15) is 9.59 Å². The molecule has 0 spiro atoms. The first-order chi connectivity index (χ1) is 8.15. The maximum absolute atomic E-state index is 11.9. The van der Waals surface area contributed by atoms with Crippen LogP contribution >= 0.6 is 0 Å². The van der Waals surface area contributed by atoms with Crippen molar-refractivity contribution in [2.45, 2.75) is 5.79 Å². The van der Waals surface area contributed by atoms with Gasteiger partial charge in [-0.2, -0.15) is 0 Å². The molecule has 0 N–H and O–H groups in total. The van der Waals surface area contributed by atoms with Crippen LogP contribution in [0.4, 0.5) is 0 Å². The van der Waals surface area contributed by atoms with Crippen molar-refractivity contribution < 1.29 is 19.1 Å². The summed E-state index contributed by atoms with van der Waals surface area (Å²) >= 11 is 0. The Morgan fingerprint density at radius 3 is 1.71 bits per heavy atom. The Hall–Kier alpha value is -1.26. The van der Waals surface area contributed by atoms with Gasteiger partial charge < -0.3 is 9.47 Å². The van der Waals surface area contributed by atoms with E-state index in [1.807, 2.05) is 12.2 Å². The standard InChI is InChI=1S/C13H14O4/c1-16-13(17-2)7-3-5-9(14)11(7)12-8(13)4-6-10(12)15/h3-8,11-12H,1-2H3/t7-,8-,11-,12-/m0/s1. The molecular formula is C13H14O4. The second-order valence-corrected chi connectivity index (χ2v) is 4.76. The molecule has 0 amide bonds. The third-order valence-electron chi connectivity index (χ3n) is 4.32. The van der Waals surface area contributed by atoms with Crippen molar-refractivity contribution in [3.63, 3.8) is 0 Å². The molecule has 0 saturated heterocycles. The minimum absolute atomic E-state index is 0.0121. The van der Waals surface area contributed by atoms with Crippen LogP contribution in [-0.4, -0.2) is 31.6 Å². The second-order valence-electron chi connectivity index (χ2n) is 4.76. The Labute approximate surface area is 99.3 Å². The van der Waals surface area contributed by atoms with E-state index in [0.29, 0.717) is 0 Å². The fourth-order valence-electron chi connectivity index (χ4n) is 3.63. The van der Waals surface area contributed by atoms with Crippen LogP contribution in [0.1, 0.15) is 0 Å². The van der Waals surface area contributed by atoms with Gasteiger partial charge in [0, 0.05) is 37.9 Å². The maximum atomic E-state index is 11.9. The van der Waals surface area contributed by atoms with Gasteiger partial charge in [0.2, 0.25) is 0 Å². The monoisotopic (exact) mass is 234 g/mol. The van der Waals surface area contributed by atoms with Gasteiger partial charge in [0.1, 0.15) is 0 Å². The summed E-state index contributed by atoms with van der Waals surface area (Å²) in [5.74, 6) is -1.80. The van der Waals surface area contributed by atoms with E-state index in [1.54, 1.807) is 26.4 Å². The van der Waals surface area contributed by atoms with Gasteiger partial charge in [-0.25, -0.2) is 0 Å². The van der Waals surface area contributed by atoms with E-state index < -0.39 is 5.79 Å². The summed E-state index contributed by atoms with van der Waals surface area (Å²) < 4.78 is 11.1. The molecule has 1 fully saturated rings. The van der Waals surface area contributed by atoms with Crippen LogP contribution in [0.5, 0.6) is 0 Å². The molecule has 90 valence electrons. The number of ketones is 2. The lowest BCUT2D eigenvalue weighted by Gasteiger charge is -2.34. The number of hydrogen-bond acceptors (Lipinski definition) is 4. The molecule has 0 aromatic carbocycles. The van der Waals surface area contributed by atoms with Crippen LogP contribution < -0.4 is 0 Å². The number of ether oxygens (including phenoxy) is 2. The van der Waals surface area contributed by atoms with Crippen molar-refractivity contribution in [1.29, 1.82) is 0 Å². The molecule has 0 aromatic heterocycles. The van der Waals surface area contributed by atoms with E-state index in [1.165, 1.54) is 0 Å². The fraction of sp³-hybridized carbons (Fsp3) is 0.538. The summed E-state index contributed by atoms with van der Waals surface area (Å²) in [5, 5.41) is 0. The van der Waals surface area contributed by atoms with Gasteiger partial charge in [-0.15, -0.1) is 0 Å². The Kier molecular flexibility index (Phi) is 2.15. The molecule has 3 aliphatic carbocycles. The highest BCUT2D eigenvalue weighted by Crippen LogP contribution is 2.56. The van der Waals surface area contributed by atoms with Gasteiger partial charge in [-0.05, 0) is 12.2 Å². The number of methoxy groups -OCH3 is 2. The zero-order chi connectivity index (χ0) is 12.2. The summed E-state index contributed by atoms with van der Waals surface area (Å²) in [4.78, 5) is 23.8. The number of hydrogen-bond donors (Lipinski definition) is 0. The minimum atomic E-state index is -0.874. The number of carbonyl (C=O) groups excluding carboxylic acids is 2. The molecule has 0 heterocycles. The molecule has 1 saturated carbocycles. The molecule has 0 unspecified atom stereocenters. The van der Waals surface area contributed by atoms with Crippen LogP contribution in [0.3, 0.4) is 0 Å². The van der Waals surface area contributed by atoms with Crippen LogP contribution in [-0.2, 0) is 19.1 Å². The number of allylic oxidation sites excluding steroid dienone is 2. The first kappa shape index (κ1) is 10.9. The topological polar surface area (TPSA) is 52.6 Å². The molecule has 3 rings (SSSR count). The van der Waals surface area contributed by atoms with Gasteiger partial charge in [0.05, 0.1) is 0 Å². The van der Waals surface area contributed by atoms with Gasteiger partial charge in [0.15, 0.2) is 17.4 Å².